The quantitative estimate of drug-likeness (QED) is 0.640. The van der Waals surface area contributed by atoms with E-state index < -0.39 is 0 Å². The van der Waals surface area contributed by atoms with Crippen molar-refractivity contribution in [3.63, 3.8) is 0 Å². The van der Waals surface area contributed by atoms with Crippen LogP contribution in [0.15, 0.2) is 12.3 Å². The molecule has 0 saturated carbocycles. The number of carbonyl (C=O) groups is 2. The van der Waals surface area contributed by atoms with Gasteiger partial charge in [-0.15, -0.1) is 0 Å². The molecule has 0 unspecified atom stereocenters. The number of carbonyl (C=O) groups excluding carboxylic acids is 2. The maximum absolute atomic E-state index is 12.4. The van der Waals surface area contributed by atoms with Crippen molar-refractivity contribution in [3.8, 4) is 0 Å². The lowest BCUT2D eigenvalue weighted by molar-refractivity contribution is -0.128. The first-order chi connectivity index (χ1) is 11.7. The number of rotatable bonds is 8. The number of imide groups is 1. The van der Waals surface area contributed by atoms with Crippen LogP contribution >= 0.6 is 0 Å². The van der Waals surface area contributed by atoms with Gasteiger partial charge >= 0.3 is 6.03 Å². The zero-order valence-corrected chi connectivity index (χ0v) is 16.8. The van der Waals surface area contributed by atoms with E-state index in [1.54, 1.807) is 6.20 Å². The molecule has 1 saturated heterocycles. The first-order valence-corrected chi connectivity index (χ1v) is 9.72. The van der Waals surface area contributed by atoms with Crippen molar-refractivity contribution >= 4 is 11.9 Å². The van der Waals surface area contributed by atoms with Gasteiger partial charge in [0.15, 0.2) is 0 Å². The van der Waals surface area contributed by atoms with Gasteiger partial charge < -0.3 is 10.6 Å². The van der Waals surface area contributed by atoms with Crippen LogP contribution in [0.3, 0.4) is 0 Å². The predicted molar refractivity (Wildman–Crippen MR) is 103 cm³/mol. The molecule has 0 aromatic carbocycles. The number of unbranched alkanes of at least 4 members (excludes halogenated alkanes) is 6. The van der Waals surface area contributed by atoms with Crippen LogP contribution in [0, 0.1) is 0 Å². The van der Waals surface area contributed by atoms with Crippen molar-refractivity contribution in [1.29, 1.82) is 0 Å². The van der Waals surface area contributed by atoms with Crippen molar-refractivity contribution in [1.82, 2.24) is 15.5 Å². The Morgan fingerprint density at radius 2 is 1.76 bits per heavy atom. The second kappa shape index (κ2) is 9.95. The van der Waals surface area contributed by atoms with Crippen LogP contribution in [-0.2, 0) is 4.79 Å². The summed E-state index contributed by atoms with van der Waals surface area (Å²) >= 11 is 0. The number of nitrogens with one attached hydrogen (secondary N) is 2. The lowest BCUT2D eigenvalue weighted by Gasteiger charge is -2.34. The monoisotopic (exact) mass is 351 g/mol. The van der Waals surface area contributed by atoms with E-state index in [4.69, 9.17) is 0 Å². The minimum atomic E-state index is -0.336. The molecule has 144 valence electrons. The molecule has 1 fully saturated rings. The van der Waals surface area contributed by atoms with Crippen LogP contribution in [0.2, 0.25) is 0 Å². The minimum Gasteiger partial charge on any atom is -0.314 e. The van der Waals surface area contributed by atoms with Gasteiger partial charge in [-0.25, -0.2) is 4.79 Å². The standard InChI is InChI=1S/C20H37N3O2/c1-6-7-8-9-10-11-12-13-14-21-18(25)23-16-20(4,5)22-19(2,3)15-17(23)24/h13-14,22H,6-12,15-16H2,1-5H3,(H,21,25)/b14-13+. The Balaban J connectivity index is 2.40. The summed E-state index contributed by atoms with van der Waals surface area (Å²) in [6, 6.07) is -0.336. The Bertz CT molecular complexity index is 470. The van der Waals surface area contributed by atoms with Crippen molar-refractivity contribution in [2.75, 3.05) is 6.54 Å². The van der Waals surface area contributed by atoms with Gasteiger partial charge in [-0.05, 0) is 40.5 Å². The SMILES string of the molecule is CCCCCCCC/C=C/NC(=O)N1CC(C)(C)NC(C)(C)CC1=O. The summed E-state index contributed by atoms with van der Waals surface area (Å²) in [5.41, 5.74) is -0.627. The van der Waals surface area contributed by atoms with Gasteiger partial charge in [-0.2, -0.15) is 0 Å². The highest BCUT2D eigenvalue weighted by molar-refractivity contribution is 5.95. The molecule has 0 spiro atoms. The molecule has 0 bridgehead atoms. The van der Waals surface area contributed by atoms with Gasteiger partial charge in [0.2, 0.25) is 5.91 Å². The Morgan fingerprint density at radius 1 is 1.12 bits per heavy atom. The van der Waals surface area contributed by atoms with E-state index >= 15 is 0 Å². The highest BCUT2D eigenvalue weighted by atomic mass is 16.2. The maximum Gasteiger partial charge on any atom is 0.328 e. The molecule has 0 aromatic rings. The summed E-state index contributed by atoms with van der Waals surface area (Å²) < 4.78 is 0. The molecule has 0 aromatic heterocycles. The molecule has 5 heteroatoms. The lowest BCUT2D eigenvalue weighted by Crippen LogP contribution is -2.54. The fraction of sp³-hybridized carbons (Fsp3) is 0.800. The topological polar surface area (TPSA) is 61.4 Å². The molecule has 2 N–H and O–H groups in total. The molecule has 1 aliphatic heterocycles. The zero-order chi connectivity index (χ0) is 18.9. The number of urea groups is 1. The number of amides is 3. The van der Waals surface area contributed by atoms with Crippen LogP contribution in [0.4, 0.5) is 4.79 Å². The smallest absolute Gasteiger partial charge is 0.314 e. The largest absolute Gasteiger partial charge is 0.328 e. The van der Waals surface area contributed by atoms with Crippen LogP contribution in [0.5, 0.6) is 0 Å². The summed E-state index contributed by atoms with van der Waals surface area (Å²) in [7, 11) is 0. The van der Waals surface area contributed by atoms with Gasteiger partial charge in [0.1, 0.15) is 0 Å². The van der Waals surface area contributed by atoms with Crippen molar-refractivity contribution < 1.29 is 9.59 Å². The fourth-order valence-electron chi connectivity index (χ4n) is 3.48. The van der Waals surface area contributed by atoms with E-state index in [0.717, 1.165) is 12.8 Å². The second-order valence-electron chi connectivity index (χ2n) is 8.46. The van der Waals surface area contributed by atoms with Gasteiger partial charge in [0, 0.05) is 30.2 Å². The fourth-order valence-corrected chi connectivity index (χ4v) is 3.48. The molecule has 0 radical (unpaired) electrons. The average molecular weight is 352 g/mol. The van der Waals surface area contributed by atoms with Crippen molar-refractivity contribution in [2.24, 2.45) is 0 Å². The first-order valence-electron chi connectivity index (χ1n) is 9.72. The summed E-state index contributed by atoms with van der Waals surface area (Å²) in [5, 5.41) is 6.20. The van der Waals surface area contributed by atoms with Crippen LogP contribution in [0.1, 0.15) is 86.0 Å². The maximum atomic E-state index is 12.4. The number of allylic oxidation sites excluding steroid dienone is 1. The third kappa shape index (κ3) is 8.52. The van der Waals surface area contributed by atoms with Crippen molar-refractivity contribution in [3.05, 3.63) is 12.3 Å². The molecule has 0 aliphatic carbocycles. The van der Waals surface area contributed by atoms with E-state index in [0.29, 0.717) is 13.0 Å². The van der Waals surface area contributed by atoms with Gasteiger partial charge in [-0.1, -0.05) is 45.1 Å². The molecule has 1 aliphatic rings. The van der Waals surface area contributed by atoms with E-state index in [1.807, 2.05) is 33.8 Å². The average Bonchev–Trinajstić information content (AvgIpc) is 2.57. The number of hydrogen-bond acceptors (Lipinski definition) is 3. The van der Waals surface area contributed by atoms with E-state index in [9.17, 15) is 9.59 Å². The molecule has 0 atom stereocenters. The van der Waals surface area contributed by atoms with Crippen molar-refractivity contribution in [2.45, 2.75) is 97.1 Å². The number of hydrogen-bond donors (Lipinski definition) is 2. The second-order valence-corrected chi connectivity index (χ2v) is 8.46. The molecule has 5 nitrogen and oxygen atoms in total. The normalized spacial score (nSPS) is 19.9. The van der Waals surface area contributed by atoms with Gasteiger partial charge in [0.25, 0.3) is 0 Å². The predicted octanol–water partition coefficient (Wildman–Crippen LogP) is 4.34. The molecule has 1 rings (SSSR count). The zero-order valence-electron chi connectivity index (χ0n) is 16.8. The van der Waals surface area contributed by atoms with E-state index in [2.05, 4.69) is 17.6 Å². The van der Waals surface area contributed by atoms with E-state index in [1.165, 1.54) is 37.0 Å². The number of nitrogens with zero attached hydrogens (tertiary/aromatic N) is 1. The Hall–Kier alpha value is -1.36. The minimum absolute atomic E-state index is 0.134. The van der Waals surface area contributed by atoms with Gasteiger partial charge in [0.05, 0.1) is 0 Å². The molecular formula is C20H37N3O2. The van der Waals surface area contributed by atoms with Crippen LogP contribution in [-0.4, -0.2) is 34.5 Å². The summed E-state index contributed by atoms with van der Waals surface area (Å²) in [6.07, 6.45) is 12.5. The lowest BCUT2D eigenvalue weighted by atomic mass is 9.96. The third-order valence-electron chi connectivity index (χ3n) is 4.42. The Kier molecular flexibility index (Phi) is 8.63. The molecule has 3 amide bonds. The van der Waals surface area contributed by atoms with Gasteiger partial charge in [-0.3, -0.25) is 9.69 Å². The Morgan fingerprint density at radius 3 is 2.44 bits per heavy atom. The van der Waals surface area contributed by atoms with E-state index in [-0.39, 0.29) is 23.0 Å². The Labute approximate surface area is 153 Å². The summed E-state index contributed by atoms with van der Waals surface area (Å²) in [6.45, 7) is 10.6. The molecule has 1 heterocycles. The summed E-state index contributed by atoms with van der Waals surface area (Å²) in [5.74, 6) is -0.134. The van der Waals surface area contributed by atoms with Crippen LogP contribution < -0.4 is 10.6 Å². The third-order valence-corrected chi connectivity index (χ3v) is 4.42. The highest BCUT2D eigenvalue weighted by Gasteiger charge is 2.39. The molecule has 25 heavy (non-hydrogen) atoms. The highest BCUT2D eigenvalue weighted by Crippen LogP contribution is 2.22. The summed E-state index contributed by atoms with van der Waals surface area (Å²) in [4.78, 5) is 26.1. The first kappa shape index (κ1) is 21.7. The van der Waals surface area contributed by atoms with Crippen LogP contribution in [0.25, 0.3) is 0 Å². The molecular weight excluding hydrogens is 314 g/mol.